The summed E-state index contributed by atoms with van der Waals surface area (Å²) < 4.78 is 16.8. The molecule has 0 fully saturated rings. The third-order valence-corrected chi connectivity index (χ3v) is 13.3. The Morgan fingerprint density at radius 2 is 0.523 bits per heavy atom. The SMILES string of the molecule is CCCCCCCCCCCCCCCCCC(=O)OC(COC(=O)CCCCCCCCCCC(O)CCCCCC)COC(=O)CCCCCCCCCCC(O)CCCCCC. The van der Waals surface area contributed by atoms with E-state index in [1.165, 1.54) is 154 Å². The maximum Gasteiger partial charge on any atom is 0.306 e. The second-order valence-electron chi connectivity index (χ2n) is 19.9. The van der Waals surface area contributed by atoms with Crippen LogP contribution in [0.1, 0.15) is 316 Å². The highest BCUT2D eigenvalue weighted by Gasteiger charge is 2.19. The third-order valence-electron chi connectivity index (χ3n) is 13.3. The Bertz CT molecular complexity index is 950. The minimum atomic E-state index is -0.795. The maximum atomic E-state index is 12.8. The lowest BCUT2D eigenvalue weighted by atomic mass is 10.0. The van der Waals surface area contributed by atoms with Gasteiger partial charge < -0.3 is 24.4 Å². The van der Waals surface area contributed by atoms with E-state index in [0.717, 1.165) is 122 Å². The molecule has 2 N–H and O–H groups in total. The van der Waals surface area contributed by atoms with Crippen LogP contribution in [0.3, 0.4) is 0 Å². The molecule has 2 atom stereocenters. The Balaban J connectivity index is 4.37. The third kappa shape index (κ3) is 50.0. The van der Waals surface area contributed by atoms with Crippen molar-refractivity contribution in [2.75, 3.05) is 13.2 Å². The predicted octanol–water partition coefficient (Wildman–Crippen LogP) is 16.7. The first kappa shape index (κ1) is 63.3. The molecule has 0 radical (unpaired) electrons. The number of aliphatic hydroxyl groups is 2. The molecule has 0 aliphatic carbocycles. The van der Waals surface area contributed by atoms with Gasteiger partial charge in [0.05, 0.1) is 12.2 Å². The van der Waals surface area contributed by atoms with Gasteiger partial charge in [-0.2, -0.15) is 0 Å². The van der Waals surface area contributed by atoms with E-state index in [1.807, 2.05) is 0 Å². The molecule has 0 rings (SSSR count). The van der Waals surface area contributed by atoms with E-state index in [2.05, 4.69) is 20.8 Å². The number of rotatable bonds is 53. The van der Waals surface area contributed by atoms with Crippen LogP contribution in [-0.4, -0.2) is 59.6 Å². The quantitative estimate of drug-likeness (QED) is 0.0352. The van der Waals surface area contributed by atoms with E-state index >= 15 is 0 Å². The van der Waals surface area contributed by atoms with Crippen LogP contribution in [-0.2, 0) is 28.6 Å². The standard InChI is InChI=1S/C57H110O8/c1-4-7-10-13-14-15-16-17-18-19-20-21-30-35-42-49-57(62)65-54(50-63-55(60)47-40-33-28-24-22-26-31-38-45-52(58)43-36-11-8-5-2)51-64-56(61)48-41-34-29-25-23-27-32-39-46-53(59)44-37-12-9-6-3/h52-54,58-59H,4-51H2,1-3H3. The number of hydrogen-bond donors (Lipinski definition) is 2. The Morgan fingerprint density at radius 3 is 0.800 bits per heavy atom. The number of carbonyl (C=O) groups excluding carboxylic acids is 3. The number of esters is 3. The average molecular weight is 923 g/mol. The van der Waals surface area contributed by atoms with E-state index in [0.29, 0.717) is 19.3 Å². The molecule has 0 saturated carbocycles. The van der Waals surface area contributed by atoms with Gasteiger partial charge in [0, 0.05) is 19.3 Å². The average Bonchev–Trinajstić information content (AvgIpc) is 3.30. The number of ether oxygens (including phenoxy) is 3. The van der Waals surface area contributed by atoms with Crippen molar-refractivity contribution in [3.8, 4) is 0 Å². The zero-order chi connectivity index (χ0) is 47.5. The summed E-state index contributed by atoms with van der Waals surface area (Å²) in [6.07, 6.45) is 49.6. The summed E-state index contributed by atoms with van der Waals surface area (Å²) in [5.41, 5.74) is 0. The maximum absolute atomic E-state index is 12.8. The first-order chi connectivity index (χ1) is 31.8. The van der Waals surface area contributed by atoms with Crippen molar-refractivity contribution in [2.45, 2.75) is 334 Å². The predicted molar refractivity (Wildman–Crippen MR) is 273 cm³/mol. The second-order valence-corrected chi connectivity index (χ2v) is 19.9. The zero-order valence-electron chi connectivity index (χ0n) is 43.5. The van der Waals surface area contributed by atoms with Gasteiger partial charge in [-0.15, -0.1) is 0 Å². The van der Waals surface area contributed by atoms with Gasteiger partial charge in [-0.05, 0) is 44.9 Å². The van der Waals surface area contributed by atoms with Crippen molar-refractivity contribution >= 4 is 17.9 Å². The molecule has 0 spiro atoms. The van der Waals surface area contributed by atoms with Gasteiger partial charge in [0.2, 0.25) is 0 Å². The normalized spacial score (nSPS) is 12.9. The lowest BCUT2D eigenvalue weighted by Gasteiger charge is -2.18. The summed E-state index contributed by atoms with van der Waals surface area (Å²) >= 11 is 0. The summed E-state index contributed by atoms with van der Waals surface area (Å²) in [5, 5.41) is 20.3. The molecule has 0 saturated heterocycles. The summed E-state index contributed by atoms with van der Waals surface area (Å²) in [6, 6.07) is 0. The van der Waals surface area contributed by atoms with E-state index in [1.54, 1.807) is 0 Å². The molecule has 8 nitrogen and oxygen atoms in total. The Hall–Kier alpha value is -1.67. The highest BCUT2D eigenvalue weighted by molar-refractivity contribution is 5.71. The van der Waals surface area contributed by atoms with Gasteiger partial charge in [-0.1, -0.05) is 252 Å². The van der Waals surface area contributed by atoms with Crippen molar-refractivity contribution in [3.05, 3.63) is 0 Å². The van der Waals surface area contributed by atoms with Gasteiger partial charge in [0.25, 0.3) is 0 Å². The van der Waals surface area contributed by atoms with Crippen LogP contribution in [0.2, 0.25) is 0 Å². The number of aliphatic hydroxyl groups excluding tert-OH is 2. The lowest BCUT2D eigenvalue weighted by molar-refractivity contribution is -0.167. The molecule has 0 aromatic heterocycles. The van der Waals surface area contributed by atoms with Gasteiger partial charge in [-0.3, -0.25) is 14.4 Å². The van der Waals surface area contributed by atoms with Crippen LogP contribution in [0.15, 0.2) is 0 Å². The van der Waals surface area contributed by atoms with Gasteiger partial charge in [-0.25, -0.2) is 0 Å². The number of carbonyl (C=O) groups is 3. The van der Waals surface area contributed by atoms with Crippen molar-refractivity contribution in [2.24, 2.45) is 0 Å². The van der Waals surface area contributed by atoms with Crippen LogP contribution in [0.25, 0.3) is 0 Å². The van der Waals surface area contributed by atoms with Gasteiger partial charge in [0.15, 0.2) is 6.10 Å². The first-order valence-corrected chi connectivity index (χ1v) is 28.7. The topological polar surface area (TPSA) is 119 Å². The van der Waals surface area contributed by atoms with Crippen molar-refractivity contribution in [1.29, 1.82) is 0 Å². The minimum absolute atomic E-state index is 0.0952. The van der Waals surface area contributed by atoms with Crippen LogP contribution in [0.4, 0.5) is 0 Å². The molecule has 0 aromatic rings. The molecule has 0 aromatic carbocycles. The number of unbranched alkanes of at least 4 members (excludes halogenated alkanes) is 34. The van der Waals surface area contributed by atoms with Crippen LogP contribution in [0, 0.1) is 0 Å². The molecular weight excluding hydrogens is 813 g/mol. The van der Waals surface area contributed by atoms with E-state index in [4.69, 9.17) is 14.2 Å². The van der Waals surface area contributed by atoms with E-state index in [-0.39, 0.29) is 43.3 Å². The molecule has 8 heteroatoms. The van der Waals surface area contributed by atoms with Crippen LogP contribution < -0.4 is 0 Å². The second kappa shape index (κ2) is 51.7. The summed E-state index contributed by atoms with van der Waals surface area (Å²) in [5.74, 6) is -0.930. The lowest BCUT2D eigenvalue weighted by Crippen LogP contribution is -2.30. The fraction of sp³-hybridized carbons (Fsp3) is 0.947. The highest BCUT2D eigenvalue weighted by Crippen LogP contribution is 2.18. The summed E-state index contributed by atoms with van der Waals surface area (Å²) in [6.45, 7) is 6.51. The Labute approximate surface area is 403 Å². The van der Waals surface area contributed by atoms with Crippen molar-refractivity contribution in [1.82, 2.24) is 0 Å². The largest absolute Gasteiger partial charge is 0.462 e. The number of hydrogen-bond acceptors (Lipinski definition) is 8. The molecule has 65 heavy (non-hydrogen) atoms. The van der Waals surface area contributed by atoms with Gasteiger partial charge in [0.1, 0.15) is 13.2 Å². The molecule has 386 valence electrons. The van der Waals surface area contributed by atoms with Gasteiger partial charge >= 0.3 is 17.9 Å². The highest BCUT2D eigenvalue weighted by atomic mass is 16.6. The van der Waals surface area contributed by atoms with Crippen molar-refractivity contribution in [3.63, 3.8) is 0 Å². The summed E-state index contributed by atoms with van der Waals surface area (Å²) in [4.78, 5) is 38.1. The molecule has 0 aliphatic heterocycles. The molecule has 0 amide bonds. The van der Waals surface area contributed by atoms with E-state index in [9.17, 15) is 24.6 Å². The Kier molecular flexibility index (Phi) is 50.4. The fourth-order valence-corrected chi connectivity index (χ4v) is 8.84. The summed E-state index contributed by atoms with van der Waals surface area (Å²) in [7, 11) is 0. The fourth-order valence-electron chi connectivity index (χ4n) is 8.84. The molecule has 0 aliphatic rings. The van der Waals surface area contributed by atoms with Crippen LogP contribution >= 0.6 is 0 Å². The zero-order valence-corrected chi connectivity index (χ0v) is 43.5. The molecular formula is C57H110O8. The monoisotopic (exact) mass is 923 g/mol. The Morgan fingerprint density at radius 1 is 0.308 bits per heavy atom. The van der Waals surface area contributed by atoms with Crippen molar-refractivity contribution < 1.29 is 38.8 Å². The first-order valence-electron chi connectivity index (χ1n) is 28.7. The minimum Gasteiger partial charge on any atom is -0.462 e. The van der Waals surface area contributed by atoms with Crippen LogP contribution in [0.5, 0.6) is 0 Å². The van der Waals surface area contributed by atoms with E-state index < -0.39 is 6.10 Å². The molecule has 0 bridgehead atoms. The molecule has 2 unspecified atom stereocenters. The smallest absolute Gasteiger partial charge is 0.306 e. The molecule has 0 heterocycles.